The van der Waals surface area contributed by atoms with Crippen LogP contribution in [0.25, 0.3) is 0 Å². The summed E-state index contributed by atoms with van der Waals surface area (Å²) in [7, 11) is 0. The van der Waals surface area contributed by atoms with Gasteiger partial charge in [-0.3, -0.25) is 9.36 Å². The SMILES string of the molecule is CC(C)OCCN1c2nc(Cl)cc(=O)n2CCC1(C)C. The molecule has 2 heterocycles. The molecule has 0 N–H and O–H groups in total. The zero-order valence-corrected chi connectivity index (χ0v) is 13.3. The second kappa shape index (κ2) is 5.74. The first-order valence-corrected chi connectivity index (χ1v) is 7.36. The molecule has 0 aromatic carbocycles. The second-order valence-electron chi connectivity index (χ2n) is 6.00. The summed E-state index contributed by atoms with van der Waals surface area (Å²) in [5, 5.41) is 0.244. The number of anilines is 1. The van der Waals surface area contributed by atoms with Crippen LogP contribution in [0.3, 0.4) is 0 Å². The minimum atomic E-state index is -0.0923. The van der Waals surface area contributed by atoms with Gasteiger partial charge < -0.3 is 9.64 Å². The van der Waals surface area contributed by atoms with Gasteiger partial charge in [-0.25, -0.2) is 4.98 Å². The van der Waals surface area contributed by atoms with Crippen molar-refractivity contribution in [3.05, 3.63) is 21.6 Å². The molecule has 0 amide bonds. The summed E-state index contributed by atoms with van der Waals surface area (Å²) in [6.07, 6.45) is 1.09. The number of hydrogen-bond donors (Lipinski definition) is 0. The third-order valence-corrected chi connectivity index (χ3v) is 3.84. The van der Waals surface area contributed by atoms with E-state index < -0.39 is 0 Å². The number of hydrogen-bond acceptors (Lipinski definition) is 4. The lowest BCUT2D eigenvalue weighted by Crippen LogP contribution is -2.53. The van der Waals surface area contributed by atoms with Crippen LogP contribution in [0.1, 0.15) is 34.1 Å². The van der Waals surface area contributed by atoms with Crippen molar-refractivity contribution in [2.75, 3.05) is 18.1 Å². The summed E-state index contributed by atoms with van der Waals surface area (Å²) < 4.78 is 7.31. The van der Waals surface area contributed by atoms with E-state index in [0.29, 0.717) is 25.6 Å². The fourth-order valence-corrected chi connectivity index (χ4v) is 2.63. The highest BCUT2D eigenvalue weighted by Gasteiger charge is 2.34. The predicted octanol–water partition coefficient (Wildman–Crippen LogP) is 2.31. The fourth-order valence-electron chi connectivity index (χ4n) is 2.46. The summed E-state index contributed by atoms with van der Waals surface area (Å²) in [4.78, 5) is 18.5. The van der Waals surface area contributed by atoms with Gasteiger partial charge in [-0.15, -0.1) is 0 Å². The largest absolute Gasteiger partial charge is 0.377 e. The van der Waals surface area contributed by atoms with Crippen molar-refractivity contribution < 1.29 is 4.74 Å². The average Bonchev–Trinajstić information content (AvgIpc) is 2.31. The van der Waals surface area contributed by atoms with E-state index >= 15 is 0 Å². The van der Waals surface area contributed by atoms with Crippen molar-refractivity contribution >= 4 is 17.5 Å². The first-order valence-electron chi connectivity index (χ1n) is 6.98. The van der Waals surface area contributed by atoms with Crippen LogP contribution >= 0.6 is 11.6 Å². The molecule has 1 aromatic rings. The number of fused-ring (bicyclic) bond motifs is 1. The van der Waals surface area contributed by atoms with Crippen molar-refractivity contribution in [1.82, 2.24) is 9.55 Å². The van der Waals surface area contributed by atoms with Crippen LogP contribution < -0.4 is 10.5 Å². The van der Waals surface area contributed by atoms with Crippen LogP contribution in [0.4, 0.5) is 5.95 Å². The molecule has 0 aliphatic carbocycles. The standard InChI is InChI=1S/C14H22ClN3O2/c1-10(2)20-8-7-18-13-16-11(15)9-12(19)17(13)6-5-14(18,3)4/h9-10H,5-8H2,1-4H3. The molecule has 0 radical (unpaired) electrons. The molecule has 1 aromatic heterocycles. The fraction of sp³-hybridized carbons (Fsp3) is 0.714. The molecule has 2 rings (SSSR count). The Balaban J connectivity index is 2.31. The van der Waals surface area contributed by atoms with Crippen LogP contribution in [0.2, 0.25) is 5.15 Å². The van der Waals surface area contributed by atoms with Gasteiger partial charge in [0.2, 0.25) is 5.95 Å². The monoisotopic (exact) mass is 299 g/mol. The summed E-state index contributed by atoms with van der Waals surface area (Å²) in [6.45, 7) is 10.3. The summed E-state index contributed by atoms with van der Waals surface area (Å²) >= 11 is 5.94. The molecule has 0 bridgehead atoms. The lowest BCUT2D eigenvalue weighted by atomic mass is 9.96. The Bertz CT molecular complexity index is 540. The molecule has 1 aliphatic rings. The highest BCUT2D eigenvalue weighted by atomic mass is 35.5. The van der Waals surface area contributed by atoms with E-state index in [-0.39, 0.29) is 22.4 Å². The van der Waals surface area contributed by atoms with Crippen molar-refractivity contribution in [1.29, 1.82) is 0 Å². The van der Waals surface area contributed by atoms with Gasteiger partial charge >= 0.3 is 0 Å². The van der Waals surface area contributed by atoms with Gasteiger partial charge in [0.15, 0.2) is 0 Å². The molecular formula is C14H22ClN3O2. The number of rotatable bonds is 4. The van der Waals surface area contributed by atoms with E-state index in [1.807, 2.05) is 13.8 Å². The van der Waals surface area contributed by atoms with Crippen LogP contribution in [-0.4, -0.2) is 34.3 Å². The van der Waals surface area contributed by atoms with E-state index in [2.05, 4.69) is 23.7 Å². The number of aromatic nitrogens is 2. The van der Waals surface area contributed by atoms with Gasteiger partial charge in [-0.05, 0) is 34.1 Å². The van der Waals surface area contributed by atoms with Gasteiger partial charge in [-0.2, -0.15) is 0 Å². The smallest absolute Gasteiger partial charge is 0.256 e. The van der Waals surface area contributed by atoms with Gasteiger partial charge in [0.05, 0.1) is 12.7 Å². The van der Waals surface area contributed by atoms with Crippen LogP contribution in [0.15, 0.2) is 10.9 Å². The summed E-state index contributed by atoms with van der Waals surface area (Å²) in [5.41, 5.74) is -0.157. The zero-order valence-electron chi connectivity index (χ0n) is 12.5. The molecule has 0 saturated carbocycles. The Morgan fingerprint density at radius 3 is 2.85 bits per heavy atom. The van der Waals surface area contributed by atoms with Crippen LogP contribution in [0.5, 0.6) is 0 Å². The van der Waals surface area contributed by atoms with E-state index in [0.717, 1.165) is 6.42 Å². The number of ether oxygens (including phenoxy) is 1. The predicted molar refractivity (Wildman–Crippen MR) is 80.6 cm³/mol. The lowest BCUT2D eigenvalue weighted by molar-refractivity contribution is 0.0804. The molecule has 20 heavy (non-hydrogen) atoms. The minimum absolute atomic E-state index is 0.0650. The minimum Gasteiger partial charge on any atom is -0.377 e. The number of halogens is 1. The molecule has 1 aliphatic heterocycles. The van der Waals surface area contributed by atoms with Gasteiger partial charge in [-0.1, -0.05) is 11.6 Å². The highest BCUT2D eigenvalue weighted by molar-refractivity contribution is 6.29. The maximum atomic E-state index is 12.0. The van der Waals surface area contributed by atoms with E-state index in [4.69, 9.17) is 16.3 Å². The molecule has 6 heteroatoms. The summed E-state index contributed by atoms with van der Waals surface area (Å²) in [6, 6.07) is 1.37. The molecule has 0 fully saturated rings. The Labute approximate surface area is 124 Å². The van der Waals surface area contributed by atoms with E-state index in [9.17, 15) is 4.79 Å². The third-order valence-electron chi connectivity index (χ3n) is 3.64. The quantitative estimate of drug-likeness (QED) is 0.801. The normalized spacial score (nSPS) is 17.4. The maximum absolute atomic E-state index is 12.0. The van der Waals surface area contributed by atoms with Crippen molar-refractivity contribution in [3.63, 3.8) is 0 Å². The second-order valence-corrected chi connectivity index (χ2v) is 6.39. The average molecular weight is 300 g/mol. The molecule has 0 atom stereocenters. The topological polar surface area (TPSA) is 47.4 Å². The molecule has 5 nitrogen and oxygen atoms in total. The van der Waals surface area contributed by atoms with Gasteiger partial charge in [0.25, 0.3) is 5.56 Å². The lowest BCUT2D eigenvalue weighted by Gasteiger charge is -2.44. The van der Waals surface area contributed by atoms with Crippen LogP contribution in [0, 0.1) is 0 Å². The zero-order chi connectivity index (χ0) is 14.9. The Hall–Kier alpha value is -1.07. The van der Waals surface area contributed by atoms with Gasteiger partial charge in [0, 0.05) is 24.7 Å². The van der Waals surface area contributed by atoms with Crippen LogP contribution in [-0.2, 0) is 11.3 Å². The molecule has 0 unspecified atom stereocenters. The molecule has 0 saturated heterocycles. The first-order chi connectivity index (χ1) is 9.31. The molecule has 0 spiro atoms. The van der Waals surface area contributed by atoms with Crippen molar-refractivity contribution in [2.24, 2.45) is 0 Å². The maximum Gasteiger partial charge on any atom is 0.256 e. The third kappa shape index (κ3) is 3.15. The van der Waals surface area contributed by atoms with Gasteiger partial charge in [0.1, 0.15) is 5.15 Å². The summed E-state index contributed by atoms with van der Waals surface area (Å²) in [5.74, 6) is 0.645. The first kappa shape index (κ1) is 15.3. The van der Waals surface area contributed by atoms with Crippen molar-refractivity contribution in [2.45, 2.75) is 52.3 Å². The molecular weight excluding hydrogens is 278 g/mol. The number of nitrogens with zero attached hydrogens (tertiary/aromatic N) is 3. The Morgan fingerprint density at radius 1 is 1.50 bits per heavy atom. The highest BCUT2D eigenvalue weighted by Crippen LogP contribution is 2.30. The van der Waals surface area contributed by atoms with E-state index in [1.54, 1.807) is 4.57 Å². The Morgan fingerprint density at radius 2 is 2.20 bits per heavy atom. The van der Waals surface area contributed by atoms with E-state index in [1.165, 1.54) is 6.07 Å². The van der Waals surface area contributed by atoms with Crippen molar-refractivity contribution in [3.8, 4) is 0 Å². The molecule has 112 valence electrons. The Kier molecular flexibility index (Phi) is 4.39.